The number of hydrogen-bond donors (Lipinski definition) is 1. The van der Waals surface area contributed by atoms with Crippen molar-refractivity contribution >= 4 is 5.69 Å². The molecular formula is C15H13FN4O. The SMILES string of the molecule is Nc1ccccc1CCc1nc(-c2ccc(F)cn2)no1. The van der Waals surface area contributed by atoms with E-state index in [0.29, 0.717) is 30.3 Å². The van der Waals surface area contributed by atoms with Crippen molar-refractivity contribution in [2.45, 2.75) is 12.8 Å². The Labute approximate surface area is 120 Å². The zero-order valence-electron chi connectivity index (χ0n) is 11.2. The third kappa shape index (κ3) is 3.05. The van der Waals surface area contributed by atoms with Crippen molar-refractivity contribution in [3.63, 3.8) is 0 Å². The maximum atomic E-state index is 12.8. The topological polar surface area (TPSA) is 77.8 Å². The fraction of sp³-hybridized carbons (Fsp3) is 0.133. The highest BCUT2D eigenvalue weighted by molar-refractivity contribution is 5.48. The molecule has 0 atom stereocenters. The molecule has 0 amide bonds. The molecule has 2 heterocycles. The molecule has 3 aromatic rings. The number of para-hydroxylation sites is 1. The summed E-state index contributed by atoms with van der Waals surface area (Å²) in [4.78, 5) is 8.17. The fourth-order valence-corrected chi connectivity index (χ4v) is 1.97. The van der Waals surface area contributed by atoms with Gasteiger partial charge in [-0.2, -0.15) is 4.98 Å². The average molecular weight is 284 g/mol. The van der Waals surface area contributed by atoms with E-state index >= 15 is 0 Å². The normalized spacial score (nSPS) is 10.7. The third-order valence-corrected chi connectivity index (χ3v) is 3.09. The second kappa shape index (κ2) is 5.70. The lowest BCUT2D eigenvalue weighted by molar-refractivity contribution is 0.379. The van der Waals surface area contributed by atoms with Crippen molar-refractivity contribution in [3.05, 3.63) is 59.9 Å². The number of aryl methyl sites for hydroxylation is 2. The van der Waals surface area contributed by atoms with Crippen LogP contribution in [0.2, 0.25) is 0 Å². The van der Waals surface area contributed by atoms with Gasteiger partial charge in [-0.1, -0.05) is 23.4 Å². The third-order valence-electron chi connectivity index (χ3n) is 3.09. The molecule has 0 unspecified atom stereocenters. The van der Waals surface area contributed by atoms with Gasteiger partial charge in [-0.15, -0.1) is 0 Å². The molecule has 21 heavy (non-hydrogen) atoms. The van der Waals surface area contributed by atoms with Crippen LogP contribution in [0.5, 0.6) is 0 Å². The van der Waals surface area contributed by atoms with Gasteiger partial charge in [0.2, 0.25) is 11.7 Å². The average Bonchev–Trinajstić information content (AvgIpc) is 2.96. The maximum Gasteiger partial charge on any atom is 0.227 e. The Morgan fingerprint density at radius 1 is 1.10 bits per heavy atom. The van der Waals surface area contributed by atoms with E-state index in [-0.39, 0.29) is 0 Å². The lowest BCUT2D eigenvalue weighted by Gasteiger charge is -2.02. The van der Waals surface area contributed by atoms with Crippen molar-refractivity contribution < 1.29 is 8.91 Å². The minimum atomic E-state index is -0.401. The predicted octanol–water partition coefficient (Wildman–Crippen LogP) is 2.64. The molecule has 0 saturated heterocycles. The van der Waals surface area contributed by atoms with E-state index in [0.717, 1.165) is 17.4 Å². The van der Waals surface area contributed by atoms with Gasteiger partial charge in [0.05, 0.1) is 6.20 Å². The van der Waals surface area contributed by atoms with Crippen molar-refractivity contribution in [1.29, 1.82) is 0 Å². The number of benzene rings is 1. The summed E-state index contributed by atoms with van der Waals surface area (Å²) in [5.41, 5.74) is 8.15. The maximum absolute atomic E-state index is 12.8. The van der Waals surface area contributed by atoms with Crippen LogP contribution >= 0.6 is 0 Å². The van der Waals surface area contributed by atoms with Crippen LogP contribution in [-0.4, -0.2) is 15.1 Å². The molecule has 0 fully saturated rings. The molecule has 0 aliphatic rings. The van der Waals surface area contributed by atoms with Crippen LogP contribution in [0.3, 0.4) is 0 Å². The molecule has 1 aromatic carbocycles. The molecule has 0 aliphatic heterocycles. The van der Waals surface area contributed by atoms with E-state index in [1.54, 1.807) is 0 Å². The molecule has 0 saturated carbocycles. The largest absolute Gasteiger partial charge is 0.399 e. The highest BCUT2D eigenvalue weighted by Crippen LogP contribution is 2.16. The van der Waals surface area contributed by atoms with Crippen LogP contribution in [0.25, 0.3) is 11.5 Å². The highest BCUT2D eigenvalue weighted by atomic mass is 19.1. The summed E-state index contributed by atoms with van der Waals surface area (Å²) in [7, 11) is 0. The Kier molecular flexibility index (Phi) is 3.59. The summed E-state index contributed by atoms with van der Waals surface area (Å²) in [6, 6.07) is 10.5. The zero-order chi connectivity index (χ0) is 14.7. The first-order valence-corrected chi connectivity index (χ1v) is 6.50. The molecular weight excluding hydrogens is 271 g/mol. The van der Waals surface area contributed by atoms with Crippen molar-refractivity contribution in [2.75, 3.05) is 5.73 Å². The number of halogens is 1. The molecule has 2 N–H and O–H groups in total. The predicted molar refractivity (Wildman–Crippen MR) is 75.7 cm³/mol. The molecule has 106 valence electrons. The minimum Gasteiger partial charge on any atom is -0.399 e. The van der Waals surface area contributed by atoms with E-state index in [2.05, 4.69) is 15.1 Å². The Bertz CT molecular complexity index is 739. The Morgan fingerprint density at radius 3 is 2.71 bits per heavy atom. The van der Waals surface area contributed by atoms with Gasteiger partial charge in [0.1, 0.15) is 11.5 Å². The number of aromatic nitrogens is 3. The molecule has 0 radical (unpaired) electrons. The summed E-state index contributed by atoms with van der Waals surface area (Å²) in [5, 5.41) is 3.85. The number of hydrogen-bond acceptors (Lipinski definition) is 5. The molecule has 2 aromatic heterocycles. The summed E-state index contributed by atoms with van der Waals surface area (Å²) in [6.07, 6.45) is 2.42. The van der Waals surface area contributed by atoms with Crippen molar-refractivity contribution in [2.24, 2.45) is 0 Å². The van der Waals surface area contributed by atoms with Crippen LogP contribution in [0.1, 0.15) is 11.5 Å². The van der Waals surface area contributed by atoms with Crippen LogP contribution in [-0.2, 0) is 12.8 Å². The summed E-state index contributed by atoms with van der Waals surface area (Å²) >= 11 is 0. The molecule has 3 rings (SSSR count). The van der Waals surface area contributed by atoms with Gasteiger partial charge < -0.3 is 10.3 Å². The number of anilines is 1. The van der Waals surface area contributed by atoms with Crippen molar-refractivity contribution in [3.8, 4) is 11.5 Å². The molecule has 0 spiro atoms. The first kappa shape index (κ1) is 13.2. The molecule has 0 bridgehead atoms. The van der Waals surface area contributed by atoms with Crippen LogP contribution in [0, 0.1) is 5.82 Å². The quantitative estimate of drug-likeness (QED) is 0.745. The Balaban J connectivity index is 1.71. The molecule has 5 nitrogen and oxygen atoms in total. The fourth-order valence-electron chi connectivity index (χ4n) is 1.97. The lowest BCUT2D eigenvalue weighted by Crippen LogP contribution is -1.97. The number of pyridine rings is 1. The summed E-state index contributed by atoms with van der Waals surface area (Å²) in [5.74, 6) is 0.451. The molecule has 0 aliphatic carbocycles. The Hall–Kier alpha value is -2.76. The highest BCUT2D eigenvalue weighted by Gasteiger charge is 2.10. The van der Waals surface area contributed by atoms with E-state index in [1.807, 2.05) is 24.3 Å². The van der Waals surface area contributed by atoms with Gasteiger partial charge in [-0.3, -0.25) is 0 Å². The van der Waals surface area contributed by atoms with Gasteiger partial charge in [0, 0.05) is 12.1 Å². The number of nitrogen functional groups attached to an aromatic ring is 1. The lowest BCUT2D eigenvalue weighted by atomic mass is 10.1. The minimum absolute atomic E-state index is 0.353. The van der Waals surface area contributed by atoms with E-state index in [9.17, 15) is 4.39 Å². The second-order valence-electron chi connectivity index (χ2n) is 4.57. The van der Waals surface area contributed by atoms with Crippen LogP contribution in [0.15, 0.2) is 47.1 Å². The first-order chi connectivity index (χ1) is 10.2. The smallest absolute Gasteiger partial charge is 0.227 e. The zero-order valence-corrected chi connectivity index (χ0v) is 11.2. The van der Waals surface area contributed by atoms with Gasteiger partial charge in [0.25, 0.3) is 0 Å². The number of nitrogens with two attached hydrogens (primary N) is 1. The summed E-state index contributed by atoms with van der Waals surface area (Å²) < 4.78 is 18.0. The van der Waals surface area contributed by atoms with Crippen LogP contribution in [0.4, 0.5) is 10.1 Å². The molecule has 6 heteroatoms. The number of rotatable bonds is 4. The first-order valence-electron chi connectivity index (χ1n) is 6.50. The van der Waals surface area contributed by atoms with Gasteiger partial charge in [0.15, 0.2) is 0 Å². The van der Waals surface area contributed by atoms with Crippen molar-refractivity contribution in [1.82, 2.24) is 15.1 Å². The summed E-state index contributed by atoms with van der Waals surface area (Å²) in [6.45, 7) is 0. The monoisotopic (exact) mass is 284 g/mol. The van der Waals surface area contributed by atoms with E-state index in [1.165, 1.54) is 12.1 Å². The standard InChI is InChI=1S/C15H13FN4O/c16-11-6-7-13(18-9-11)15-19-14(21-20-15)8-5-10-3-1-2-4-12(10)17/h1-4,6-7,9H,5,8,17H2. The number of nitrogens with zero attached hydrogens (tertiary/aromatic N) is 3. The van der Waals surface area contributed by atoms with E-state index < -0.39 is 5.82 Å². The van der Waals surface area contributed by atoms with Gasteiger partial charge in [-0.05, 0) is 30.2 Å². The van der Waals surface area contributed by atoms with E-state index in [4.69, 9.17) is 10.3 Å². The Morgan fingerprint density at radius 2 is 1.95 bits per heavy atom. The van der Waals surface area contributed by atoms with Crippen LogP contribution < -0.4 is 5.73 Å². The second-order valence-corrected chi connectivity index (χ2v) is 4.57. The van der Waals surface area contributed by atoms with Gasteiger partial charge in [-0.25, -0.2) is 9.37 Å². The van der Waals surface area contributed by atoms with Gasteiger partial charge >= 0.3 is 0 Å².